The van der Waals surface area contributed by atoms with E-state index in [9.17, 15) is 14.3 Å². The lowest BCUT2D eigenvalue weighted by molar-refractivity contribution is 0.0687. The predicted molar refractivity (Wildman–Crippen MR) is 95.8 cm³/mol. The van der Waals surface area contributed by atoms with E-state index in [4.69, 9.17) is 11.6 Å². The van der Waals surface area contributed by atoms with Gasteiger partial charge in [-0.3, -0.25) is 0 Å². The molecule has 0 spiro atoms. The van der Waals surface area contributed by atoms with Gasteiger partial charge in [-0.2, -0.15) is 5.10 Å². The number of carboxylic acid groups (broad SMARTS) is 1. The second kappa shape index (κ2) is 6.24. The van der Waals surface area contributed by atoms with Gasteiger partial charge in [-0.25, -0.2) is 18.7 Å². The van der Waals surface area contributed by atoms with Crippen LogP contribution in [0.25, 0.3) is 28.2 Å². The minimum atomic E-state index is -1.12. The van der Waals surface area contributed by atoms with Crippen molar-refractivity contribution in [1.29, 1.82) is 0 Å². The van der Waals surface area contributed by atoms with Crippen LogP contribution in [-0.4, -0.2) is 25.7 Å². The van der Waals surface area contributed by atoms with Crippen molar-refractivity contribution in [3.05, 3.63) is 77.2 Å². The average molecular weight is 368 g/mol. The Balaban J connectivity index is 1.90. The van der Waals surface area contributed by atoms with Gasteiger partial charge in [0.15, 0.2) is 11.3 Å². The molecule has 0 aliphatic carbocycles. The summed E-state index contributed by atoms with van der Waals surface area (Å²) in [5, 5.41) is 14.4. The van der Waals surface area contributed by atoms with E-state index in [-0.39, 0.29) is 11.5 Å². The van der Waals surface area contributed by atoms with E-state index in [2.05, 4.69) is 10.1 Å². The first kappa shape index (κ1) is 16.2. The number of fused-ring (bicyclic) bond motifs is 1. The zero-order chi connectivity index (χ0) is 18.3. The van der Waals surface area contributed by atoms with Crippen molar-refractivity contribution in [2.75, 3.05) is 0 Å². The van der Waals surface area contributed by atoms with Gasteiger partial charge in [0.25, 0.3) is 0 Å². The molecule has 7 heteroatoms. The van der Waals surface area contributed by atoms with Gasteiger partial charge in [0, 0.05) is 22.2 Å². The molecule has 0 bridgehead atoms. The summed E-state index contributed by atoms with van der Waals surface area (Å²) in [6.45, 7) is 0. The maximum Gasteiger partial charge on any atom is 0.354 e. The van der Waals surface area contributed by atoms with Crippen molar-refractivity contribution in [3.63, 3.8) is 0 Å². The number of hydrogen-bond donors (Lipinski definition) is 1. The Morgan fingerprint density at radius 3 is 2.23 bits per heavy atom. The molecular formula is C19H11ClFN3O2. The number of rotatable bonds is 3. The predicted octanol–water partition coefficient (Wildman–Crippen LogP) is 4.55. The smallest absolute Gasteiger partial charge is 0.354 e. The van der Waals surface area contributed by atoms with E-state index >= 15 is 0 Å². The molecule has 0 saturated carbocycles. The third-order valence-electron chi connectivity index (χ3n) is 3.93. The normalized spacial score (nSPS) is 11.0. The molecule has 0 amide bonds. The minimum absolute atomic E-state index is 0.0201. The standard InChI is InChI=1S/C19H11ClFN3O2/c20-13-5-1-11(2-6-13)15-9-17(19(25)26)24-18(22-15)10-16(23-24)12-3-7-14(21)8-4-12/h1-10H,(H,25,26). The molecule has 0 saturated heterocycles. The number of benzene rings is 2. The Bertz CT molecular complexity index is 1120. The molecule has 0 radical (unpaired) electrons. The molecule has 4 rings (SSSR count). The number of aromatic carboxylic acids is 1. The van der Waals surface area contributed by atoms with Crippen molar-refractivity contribution in [2.24, 2.45) is 0 Å². The van der Waals surface area contributed by atoms with E-state index in [1.54, 1.807) is 42.5 Å². The summed E-state index contributed by atoms with van der Waals surface area (Å²) in [4.78, 5) is 16.2. The molecule has 5 nitrogen and oxygen atoms in total. The quantitative estimate of drug-likeness (QED) is 0.576. The summed E-state index contributed by atoms with van der Waals surface area (Å²) in [6, 6.07) is 15.9. The lowest BCUT2D eigenvalue weighted by Gasteiger charge is -2.05. The Morgan fingerprint density at radius 2 is 1.58 bits per heavy atom. The molecule has 0 atom stereocenters. The highest BCUT2D eigenvalue weighted by molar-refractivity contribution is 6.30. The molecular weight excluding hydrogens is 357 g/mol. The number of carbonyl (C=O) groups is 1. The molecule has 26 heavy (non-hydrogen) atoms. The highest BCUT2D eigenvalue weighted by Crippen LogP contribution is 2.25. The van der Waals surface area contributed by atoms with Gasteiger partial charge in [-0.05, 0) is 42.5 Å². The zero-order valence-electron chi connectivity index (χ0n) is 13.2. The monoisotopic (exact) mass is 367 g/mol. The van der Waals surface area contributed by atoms with E-state index in [1.165, 1.54) is 22.7 Å². The zero-order valence-corrected chi connectivity index (χ0v) is 14.0. The fourth-order valence-electron chi connectivity index (χ4n) is 2.66. The second-order valence-electron chi connectivity index (χ2n) is 5.65. The van der Waals surface area contributed by atoms with E-state index in [0.717, 1.165) is 5.56 Å². The first-order chi connectivity index (χ1) is 12.5. The topological polar surface area (TPSA) is 67.5 Å². The maximum absolute atomic E-state index is 13.1. The Labute approximate surface area is 152 Å². The van der Waals surface area contributed by atoms with Gasteiger partial charge in [0.1, 0.15) is 5.82 Å². The molecule has 0 aliphatic heterocycles. The van der Waals surface area contributed by atoms with Crippen LogP contribution in [-0.2, 0) is 0 Å². The van der Waals surface area contributed by atoms with Crippen molar-refractivity contribution in [2.45, 2.75) is 0 Å². The van der Waals surface area contributed by atoms with Crippen LogP contribution in [0, 0.1) is 5.82 Å². The minimum Gasteiger partial charge on any atom is -0.477 e. The van der Waals surface area contributed by atoms with Crippen LogP contribution in [0.5, 0.6) is 0 Å². The molecule has 2 aromatic heterocycles. The lowest BCUT2D eigenvalue weighted by atomic mass is 10.1. The molecule has 2 heterocycles. The summed E-state index contributed by atoms with van der Waals surface area (Å²) in [6.07, 6.45) is 0. The van der Waals surface area contributed by atoms with Gasteiger partial charge in [-0.15, -0.1) is 0 Å². The molecule has 0 fully saturated rings. The second-order valence-corrected chi connectivity index (χ2v) is 6.08. The van der Waals surface area contributed by atoms with Crippen LogP contribution in [0.3, 0.4) is 0 Å². The molecule has 128 valence electrons. The van der Waals surface area contributed by atoms with Gasteiger partial charge in [0.2, 0.25) is 0 Å². The summed E-state index contributed by atoms with van der Waals surface area (Å²) in [5.41, 5.74) is 2.78. The van der Waals surface area contributed by atoms with Crippen LogP contribution < -0.4 is 0 Å². The third-order valence-corrected chi connectivity index (χ3v) is 4.18. The number of carboxylic acids is 1. The van der Waals surface area contributed by atoms with Crippen molar-refractivity contribution >= 4 is 23.2 Å². The number of nitrogens with zero attached hydrogens (tertiary/aromatic N) is 3. The molecule has 4 aromatic rings. The number of aromatic nitrogens is 3. The van der Waals surface area contributed by atoms with Crippen molar-refractivity contribution in [3.8, 4) is 22.5 Å². The summed E-state index contributed by atoms with van der Waals surface area (Å²) in [5.74, 6) is -1.48. The summed E-state index contributed by atoms with van der Waals surface area (Å²) >= 11 is 5.90. The molecule has 1 N–H and O–H groups in total. The van der Waals surface area contributed by atoms with Gasteiger partial charge >= 0.3 is 5.97 Å². The Hall–Kier alpha value is -3.25. The fraction of sp³-hybridized carbons (Fsp3) is 0. The fourth-order valence-corrected chi connectivity index (χ4v) is 2.78. The molecule has 0 aliphatic rings. The molecule has 2 aromatic carbocycles. The summed E-state index contributed by atoms with van der Waals surface area (Å²) in [7, 11) is 0. The number of halogens is 2. The maximum atomic E-state index is 13.1. The van der Waals surface area contributed by atoms with Gasteiger partial charge in [-0.1, -0.05) is 23.7 Å². The van der Waals surface area contributed by atoms with Gasteiger partial charge in [0.05, 0.1) is 11.4 Å². The van der Waals surface area contributed by atoms with Crippen LogP contribution in [0.2, 0.25) is 5.02 Å². The van der Waals surface area contributed by atoms with E-state index in [0.29, 0.717) is 27.6 Å². The van der Waals surface area contributed by atoms with Crippen LogP contribution >= 0.6 is 11.6 Å². The van der Waals surface area contributed by atoms with Crippen LogP contribution in [0.4, 0.5) is 4.39 Å². The summed E-state index contributed by atoms with van der Waals surface area (Å²) < 4.78 is 14.4. The van der Waals surface area contributed by atoms with Gasteiger partial charge < -0.3 is 5.11 Å². The first-order valence-corrected chi connectivity index (χ1v) is 8.05. The van der Waals surface area contributed by atoms with E-state index in [1.807, 2.05) is 0 Å². The van der Waals surface area contributed by atoms with Crippen LogP contribution in [0.1, 0.15) is 10.5 Å². The average Bonchev–Trinajstić information content (AvgIpc) is 3.06. The lowest BCUT2D eigenvalue weighted by Crippen LogP contribution is -2.08. The first-order valence-electron chi connectivity index (χ1n) is 7.67. The number of hydrogen-bond acceptors (Lipinski definition) is 3. The van der Waals surface area contributed by atoms with Crippen molar-refractivity contribution < 1.29 is 14.3 Å². The highest BCUT2D eigenvalue weighted by atomic mass is 35.5. The third kappa shape index (κ3) is 2.91. The molecule has 0 unspecified atom stereocenters. The highest BCUT2D eigenvalue weighted by Gasteiger charge is 2.16. The Kier molecular flexibility index (Phi) is 3.89. The van der Waals surface area contributed by atoms with E-state index < -0.39 is 5.97 Å². The SMILES string of the molecule is O=C(O)c1cc(-c2ccc(Cl)cc2)nc2cc(-c3ccc(F)cc3)nn12. The van der Waals surface area contributed by atoms with Crippen molar-refractivity contribution in [1.82, 2.24) is 14.6 Å². The largest absolute Gasteiger partial charge is 0.477 e. The Morgan fingerprint density at radius 1 is 0.962 bits per heavy atom. The van der Waals surface area contributed by atoms with Crippen LogP contribution in [0.15, 0.2) is 60.7 Å².